The van der Waals surface area contributed by atoms with Crippen molar-refractivity contribution in [1.82, 2.24) is 19.4 Å². The quantitative estimate of drug-likeness (QED) is 0.543. The number of rotatable bonds is 8. The van der Waals surface area contributed by atoms with Crippen molar-refractivity contribution in [2.45, 2.75) is 98.1 Å². The van der Waals surface area contributed by atoms with Crippen molar-refractivity contribution in [3.05, 3.63) is 0 Å². The summed E-state index contributed by atoms with van der Waals surface area (Å²) in [7, 11) is -3.48. The molecule has 9 nitrogen and oxygen atoms in total. The van der Waals surface area contributed by atoms with E-state index in [9.17, 15) is 13.2 Å². The normalized spacial score (nSPS) is 23.1. The van der Waals surface area contributed by atoms with Crippen LogP contribution in [0.5, 0.6) is 0 Å². The first-order valence-corrected chi connectivity index (χ1v) is 14.5. The van der Waals surface area contributed by atoms with Crippen LogP contribution in [0.25, 0.3) is 0 Å². The molecule has 0 saturated carbocycles. The molecule has 200 valence electrons. The number of hydrogen-bond donors (Lipinski definition) is 1. The lowest BCUT2D eigenvalue weighted by Gasteiger charge is -2.41. The molecule has 0 aromatic rings. The molecule has 34 heavy (non-hydrogen) atoms. The highest BCUT2D eigenvalue weighted by Gasteiger charge is 2.35. The van der Waals surface area contributed by atoms with Crippen LogP contribution in [0.15, 0.2) is 0 Å². The van der Waals surface area contributed by atoms with E-state index in [4.69, 9.17) is 9.47 Å². The summed E-state index contributed by atoms with van der Waals surface area (Å²) in [6.45, 7) is 17.1. The summed E-state index contributed by atoms with van der Waals surface area (Å²) < 4.78 is 38.3. The van der Waals surface area contributed by atoms with Crippen molar-refractivity contribution in [2.24, 2.45) is 5.41 Å². The second-order valence-corrected chi connectivity index (χ2v) is 13.7. The standard InChI is InChI=1S/C24H48N4O5S/c1-19(23(2,3)4)33-20(16-28(24(5,6)7)34(8,30)31)17-32-22(29)27-15-12-21(25-18-27)26-13-10-9-11-14-26/h19-21,25H,9-18H2,1-8H3/t19-,20-,21?/m0/s1. The minimum atomic E-state index is -3.48. The van der Waals surface area contributed by atoms with E-state index >= 15 is 0 Å². The lowest BCUT2D eigenvalue weighted by Crippen LogP contribution is -2.57. The van der Waals surface area contributed by atoms with Gasteiger partial charge in [-0.05, 0) is 65.5 Å². The Morgan fingerprint density at radius 1 is 1.09 bits per heavy atom. The van der Waals surface area contributed by atoms with Crippen LogP contribution in [-0.2, 0) is 19.5 Å². The zero-order chi connectivity index (χ0) is 25.7. The van der Waals surface area contributed by atoms with Gasteiger partial charge in [0, 0.05) is 18.6 Å². The van der Waals surface area contributed by atoms with E-state index in [0.717, 1.165) is 19.5 Å². The third-order valence-corrected chi connectivity index (χ3v) is 8.30. The van der Waals surface area contributed by atoms with Gasteiger partial charge in [0.1, 0.15) is 12.7 Å². The second-order valence-electron chi connectivity index (χ2n) is 11.8. The van der Waals surface area contributed by atoms with E-state index < -0.39 is 27.8 Å². The van der Waals surface area contributed by atoms with Gasteiger partial charge in [-0.2, -0.15) is 4.31 Å². The number of likely N-dealkylation sites (tertiary alicyclic amines) is 1. The zero-order valence-corrected chi connectivity index (χ0v) is 23.4. The van der Waals surface area contributed by atoms with Gasteiger partial charge < -0.3 is 9.47 Å². The molecule has 1 unspecified atom stereocenters. The zero-order valence-electron chi connectivity index (χ0n) is 22.6. The highest BCUT2D eigenvalue weighted by atomic mass is 32.2. The van der Waals surface area contributed by atoms with Crippen LogP contribution < -0.4 is 5.32 Å². The Hall–Kier alpha value is -0.940. The number of carbonyl (C=O) groups is 1. The number of nitrogens with one attached hydrogen (secondary N) is 1. The van der Waals surface area contributed by atoms with Gasteiger partial charge in [0.2, 0.25) is 10.0 Å². The first-order chi connectivity index (χ1) is 15.6. The van der Waals surface area contributed by atoms with E-state index in [1.165, 1.54) is 29.8 Å². The van der Waals surface area contributed by atoms with Gasteiger partial charge in [0.15, 0.2) is 0 Å². The summed E-state index contributed by atoms with van der Waals surface area (Å²) in [5, 5.41) is 3.46. The third kappa shape index (κ3) is 8.93. The van der Waals surface area contributed by atoms with E-state index in [1.807, 2.05) is 27.7 Å². The average Bonchev–Trinajstić information content (AvgIpc) is 2.73. The number of piperidine rings is 1. The molecule has 0 radical (unpaired) electrons. The molecular weight excluding hydrogens is 456 g/mol. The molecule has 0 spiro atoms. The predicted octanol–water partition coefficient (Wildman–Crippen LogP) is 3.07. The molecule has 2 rings (SSSR count). The van der Waals surface area contributed by atoms with Crippen molar-refractivity contribution in [3.63, 3.8) is 0 Å². The molecule has 0 aromatic carbocycles. The Kier molecular flexibility index (Phi) is 10.2. The average molecular weight is 505 g/mol. The van der Waals surface area contributed by atoms with Crippen molar-refractivity contribution in [1.29, 1.82) is 0 Å². The van der Waals surface area contributed by atoms with Gasteiger partial charge in [-0.1, -0.05) is 27.2 Å². The van der Waals surface area contributed by atoms with E-state index in [0.29, 0.717) is 19.4 Å². The lowest BCUT2D eigenvalue weighted by molar-refractivity contribution is -0.0873. The Balaban J connectivity index is 1.98. The molecule has 2 aliphatic rings. The van der Waals surface area contributed by atoms with E-state index in [2.05, 4.69) is 31.0 Å². The largest absolute Gasteiger partial charge is 0.447 e. The molecule has 3 atom stereocenters. The number of hydrogen-bond acceptors (Lipinski definition) is 7. The molecule has 2 aliphatic heterocycles. The van der Waals surface area contributed by atoms with Gasteiger partial charge in [0.25, 0.3) is 0 Å². The van der Waals surface area contributed by atoms with Crippen molar-refractivity contribution >= 4 is 16.1 Å². The fourth-order valence-electron chi connectivity index (χ4n) is 4.35. The molecule has 0 bridgehead atoms. The van der Waals surface area contributed by atoms with Crippen LogP contribution in [0.3, 0.4) is 0 Å². The minimum Gasteiger partial charge on any atom is -0.447 e. The van der Waals surface area contributed by atoms with Crippen LogP contribution in [0.1, 0.15) is 74.1 Å². The predicted molar refractivity (Wildman–Crippen MR) is 135 cm³/mol. The van der Waals surface area contributed by atoms with E-state index in [1.54, 1.807) is 4.90 Å². The van der Waals surface area contributed by atoms with Crippen LogP contribution in [0.2, 0.25) is 0 Å². The highest BCUT2D eigenvalue weighted by Crippen LogP contribution is 2.25. The van der Waals surface area contributed by atoms with Crippen LogP contribution in [0, 0.1) is 5.41 Å². The fourth-order valence-corrected chi connectivity index (χ4v) is 5.78. The lowest BCUT2D eigenvalue weighted by atomic mass is 9.90. The molecule has 10 heteroatoms. The van der Waals surface area contributed by atoms with Crippen molar-refractivity contribution in [2.75, 3.05) is 45.7 Å². The third-order valence-electron chi connectivity index (χ3n) is 6.81. The number of ether oxygens (including phenoxy) is 2. The fraction of sp³-hybridized carbons (Fsp3) is 0.958. The Morgan fingerprint density at radius 2 is 1.71 bits per heavy atom. The van der Waals surface area contributed by atoms with Gasteiger partial charge in [-0.25, -0.2) is 13.2 Å². The molecule has 0 aromatic heterocycles. The van der Waals surface area contributed by atoms with Gasteiger partial charge >= 0.3 is 6.09 Å². The molecular formula is C24H48N4O5S. The summed E-state index contributed by atoms with van der Waals surface area (Å²) in [5.41, 5.74) is -0.759. The van der Waals surface area contributed by atoms with Gasteiger partial charge in [-0.15, -0.1) is 0 Å². The van der Waals surface area contributed by atoms with Crippen LogP contribution in [-0.4, -0.2) is 98.2 Å². The summed E-state index contributed by atoms with van der Waals surface area (Å²) in [4.78, 5) is 16.9. The molecule has 2 fully saturated rings. The topological polar surface area (TPSA) is 91.4 Å². The number of carbonyl (C=O) groups excluding carboxylic acids is 1. The summed E-state index contributed by atoms with van der Waals surface area (Å²) in [6, 6.07) is 0. The first-order valence-electron chi connectivity index (χ1n) is 12.6. The minimum absolute atomic E-state index is 0.00654. The van der Waals surface area contributed by atoms with Crippen molar-refractivity contribution < 1.29 is 22.7 Å². The summed E-state index contributed by atoms with van der Waals surface area (Å²) >= 11 is 0. The SMILES string of the molecule is C[C@H](O[C@H](COC(=O)N1CCC(N2CCCCC2)NC1)CN(C(C)(C)C)S(C)(=O)=O)C(C)(C)C. The van der Waals surface area contributed by atoms with Crippen molar-refractivity contribution in [3.8, 4) is 0 Å². The molecule has 1 N–H and O–H groups in total. The molecule has 0 aliphatic carbocycles. The number of nitrogens with zero attached hydrogens (tertiary/aromatic N) is 3. The smallest absolute Gasteiger partial charge is 0.410 e. The Labute approximate surface area is 207 Å². The maximum absolute atomic E-state index is 12.8. The Morgan fingerprint density at radius 3 is 2.18 bits per heavy atom. The molecule has 2 saturated heterocycles. The number of sulfonamides is 1. The van der Waals surface area contributed by atoms with Crippen LogP contribution in [0.4, 0.5) is 4.79 Å². The summed E-state index contributed by atoms with van der Waals surface area (Å²) in [5.74, 6) is 0. The maximum atomic E-state index is 12.8. The van der Waals surface area contributed by atoms with Gasteiger partial charge in [0.05, 0.1) is 25.2 Å². The molecule has 1 amide bonds. The number of amides is 1. The highest BCUT2D eigenvalue weighted by molar-refractivity contribution is 7.88. The monoisotopic (exact) mass is 504 g/mol. The van der Waals surface area contributed by atoms with Gasteiger partial charge in [-0.3, -0.25) is 15.1 Å². The van der Waals surface area contributed by atoms with Crippen LogP contribution >= 0.6 is 0 Å². The Bertz CT molecular complexity index is 748. The first kappa shape index (κ1) is 29.3. The second kappa shape index (κ2) is 11.9. The van der Waals surface area contributed by atoms with E-state index in [-0.39, 0.29) is 24.7 Å². The summed E-state index contributed by atoms with van der Waals surface area (Å²) in [6.07, 6.45) is 5.01. The molecule has 2 heterocycles. The maximum Gasteiger partial charge on any atom is 0.410 e.